The van der Waals surface area contributed by atoms with E-state index >= 15 is 0 Å². The number of rotatable bonds is 5. The molecule has 7 heteroatoms. The van der Waals surface area contributed by atoms with Crippen molar-refractivity contribution in [2.45, 2.75) is 32.4 Å². The molecule has 3 aromatic rings. The van der Waals surface area contributed by atoms with E-state index in [1.165, 1.54) is 17.0 Å². The van der Waals surface area contributed by atoms with Crippen molar-refractivity contribution in [1.29, 1.82) is 0 Å². The van der Waals surface area contributed by atoms with Crippen molar-refractivity contribution in [1.82, 2.24) is 5.32 Å². The summed E-state index contributed by atoms with van der Waals surface area (Å²) in [6.45, 7) is 4.09. The first-order valence-corrected chi connectivity index (χ1v) is 10.7. The molecule has 0 aliphatic carbocycles. The van der Waals surface area contributed by atoms with Gasteiger partial charge in [-0.3, -0.25) is 9.59 Å². The normalized spacial score (nSPS) is 14.7. The van der Waals surface area contributed by atoms with Gasteiger partial charge in [-0.15, -0.1) is 11.3 Å². The highest BCUT2D eigenvalue weighted by Crippen LogP contribution is 2.43. The van der Waals surface area contributed by atoms with Gasteiger partial charge in [-0.05, 0) is 55.1 Å². The van der Waals surface area contributed by atoms with Crippen LogP contribution in [0.2, 0.25) is 5.02 Å². The zero-order valence-corrected chi connectivity index (χ0v) is 18.1. The Bertz CT molecular complexity index is 1110. The summed E-state index contributed by atoms with van der Waals surface area (Å²) in [5.74, 6) is -0.855. The van der Waals surface area contributed by atoms with Gasteiger partial charge in [0.25, 0.3) is 5.91 Å². The second kappa shape index (κ2) is 7.85. The molecule has 1 aliphatic rings. The Hall–Kier alpha value is -2.70. The van der Waals surface area contributed by atoms with Gasteiger partial charge in [-0.1, -0.05) is 29.8 Å². The summed E-state index contributed by atoms with van der Waals surface area (Å²) in [4.78, 5) is 28.4. The fourth-order valence-electron chi connectivity index (χ4n) is 3.67. The van der Waals surface area contributed by atoms with E-state index in [0.29, 0.717) is 17.8 Å². The third kappa shape index (κ3) is 3.61. The highest BCUT2D eigenvalue weighted by Gasteiger charge is 2.44. The van der Waals surface area contributed by atoms with E-state index in [2.05, 4.69) is 5.32 Å². The first-order chi connectivity index (χ1) is 14.3. The smallest absolute Gasteiger partial charge is 0.251 e. The van der Waals surface area contributed by atoms with Crippen LogP contribution in [0.25, 0.3) is 0 Å². The SMILES string of the molecule is CC1(C)C(=O)N(Cc2c(F)cccc2Cl)c2cc(C(=O)NCc3cccs3)ccc21. The highest BCUT2D eigenvalue weighted by atomic mass is 35.5. The van der Waals surface area contributed by atoms with Gasteiger partial charge < -0.3 is 10.2 Å². The van der Waals surface area contributed by atoms with E-state index in [1.807, 2.05) is 31.4 Å². The molecule has 0 radical (unpaired) electrons. The lowest BCUT2D eigenvalue weighted by atomic mass is 9.86. The number of fused-ring (bicyclic) bond motifs is 1. The number of hydrogen-bond donors (Lipinski definition) is 1. The number of benzene rings is 2. The standard InChI is InChI=1S/C23H20ClFN2O2S/c1-23(2)17-9-8-14(21(28)26-12-15-5-4-10-30-15)11-20(17)27(22(23)29)13-16-18(24)6-3-7-19(16)25/h3-11H,12-13H2,1-2H3,(H,26,28). The molecule has 1 N–H and O–H groups in total. The van der Waals surface area contributed by atoms with Gasteiger partial charge in [0, 0.05) is 26.7 Å². The molecular formula is C23H20ClFN2O2S. The average Bonchev–Trinajstić information content (AvgIpc) is 3.30. The van der Waals surface area contributed by atoms with E-state index in [1.54, 1.807) is 35.6 Å². The Morgan fingerprint density at radius 2 is 2.00 bits per heavy atom. The van der Waals surface area contributed by atoms with Crippen LogP contribution in [0.5, 0.6) is 0 Å². The van der Waals surface area contributed by atoms with Crippen LogP contribution in [0, 0.1) is 5.82 Å². The Labute approximate surface area is 183 Å². The molecule has 0 unspecified atom stereocenters. The molecule has 2 heterocycles. The first kappa shape index (κ1) is 20.6. The van der Waals surface area contributed by atoms with Gasteiger partial charge in [0.1, 0.15) is 5.82 Å². The maximum absolute atomic E-state index is 14.4. The summed E-state index contributed by atoms with van der Waals surface area (Å²) in [6, 6.07) is 13.5. The van der Waals surface area contributed by atoms with Crippen molar-refractivity contribution in [3.63, 3.8) is 0 Å². The van der Waals surface area contributed by atoms with Gasteiger partial charge in [0.15, 0.2) is 0 Å². The lowest BCUT2D eigenvalue weighted by Gasteiger charge is -2.21. The van der Waals surface area contributed by atoms with Crippen LogP contribution in [-0.2, 0) is 23.3 Å². The van der Waals surface area contributed by atoms with Gasteiger partial charge in [0.05, 0.1) is 18.5 Å². The molecule has 0 saturated carbocycles. The summed E-state index contributed by atoms with van der Waals surface area (Å²) in [6.07, 6.45) is 0. The van der Waals surface area contributed by atoms with Gasteiger partial charge >= 0.3 is 0 Å². The number of amides is 2. The quantitative estimate of drug-likeness (QED) is 0.583. The van der Waals surface area contributed by atoms with Crippen LogP contribution in [0.1, 0.15) is 40.2 Å². The Morgan fingerprint density at radius 3 is 2.70 bits per heavy atom. The van der Waals surface area contributed by atoms with Crippen LogP contribution in [0.15, 0.2) is 53.9 Å². The van der Waals surface area contributed by atoms with E-state index in [0.717, 1.165) is 10.4 Å². The van der Waals surface area contributed by atoms with Crippen molar-refractivity contribution in [2.24, 2.45) is 0 Å². The molecule has 0 spiro atoms. The minimum absolute atomic E-state index is 0.00103. The fourth-order valence-corrected chi connectivity index (χ4v) is 4.54. The second-order valence-corrected chi connectivity index (χ2v) is 9.15. The molecule has 1 aromatic heterocycles. The summed E-state index contributed by atoms with van der Waals surface area (Å²) < 4.78 is 14.4. The largest absolute Gasteiger partial charge is 0.347 e. The molecule has 154 valence electrons. The third-order valence-corrected chi connectivity index (χ3v) is 6.62. The Morgan fingerprint density at radius 1 is 1.20 bits per heavy atom. The Balaban J connectivity index is 1.66. The molecule has 0 atom stereocenters. The molecule has 0 fully saturated rings. The molecule has 30 heavy (non-hydrogen) atoms. The van der Waals surface area contributed by atoms with Crippen molar-refractivity contribution in [3.05, 3.63) is 86.3 Å². The summed E-state index contributed by atoms with van der Waals surface area (Å²) in [5, 5.41) is 5.11. The minimum atomic E-state index is -0.779. The molecule has 0 saturated heterocycles. The van der Waals surface area contributed by atoms with Crippen LogP contribution < -0.4 is 10.2 Å². The van der Waals surface area contributed by atoms with E-state index in [9.17, 15) is 14.0 Å². The lowest BCUT2D eigenvalue weighted by Crippen LogP contribution is -2.36. The molecule has 4 rings (SSSR count). The minimum Gasteiger partial charge on any atom is -0.347 e. The zero-order chi connectivity index (χ0) is 21.5. The molecular weight excluding hydrogens is 423 g/mol. The average molecular weight is 443 g/mol. The highest BCUT2D eigenvalue weighted by molar-refractivity contribution is 7.09. The zero-order valence-electron chi connectivity index (χ0n) is 16.5. The maximum atomic E-state index is 14.4. The van der Waals surface area contributed by atoms with Gasteiger partial charge in [-0.25, -0.2) is 4.39 Å². The van der Waals surface area contributed by atoms with Crippen LogP contribution in [0.3, 0.4) is 0 Å². The van der Waals surface area contributed by atoms with Gasteiger partial charge in [0.2, 0.25) is 5.91 Å². The second-order valence-electron chi connectivity index (χ2n) is 7.71. The molecule has 4 nitrogen and oxygen atoms in total. The van der Waals surface area contributed by atoms with Crippen LogP contribution >= 0.6 is 22.9 Å². The number of thiophene rings is 1. The summed E-state index contributed by atoms with van der Waals surface area (Å²) >= 11 is 7.75. The number of nitrogens with zero attached hydrogens (tertiary/aromatic N) is 1. The van der Waals surface area contributed by atoms with Crippen molar-refractivity contribution < 1.29 is 14.0 Å². The third-order valence-electron chi connectivity index (χ3n) is 5.39. The molecule has 0 bridgehead atoms. The van der Waals surface area contributed by atoms with Gasteiger partial charge in [-0.2, -0.15) is 0 Å². The Kier molecular flexibility index (Phi) is 5.38. The number of anilines is 1. The molecule has 2 aromatic carbocycles. The van der Waals surface area contributed by atoms with Crippen molar-refractivity contribution in [3.8, 4) is 0 Å². The predicted molar refractivity (Wildman–Crippen MR) is 118 cm³/mol. The number of nitrogens with one attached hydrogen (secondary N) is 1. The van der Waals surface area contributed by atoms with E-state index in [4.69, 9.17) is 11.6 Å². The lowest BCUT2D eigenvalue weighted by molar-refractivity contribution is -0.122. The first-order valence-electron chi connectivity index (χ1n) is 9.49. The summed E-state index contributed by atoms with van der Waals surface area (Å²) in [7, 11) is 0. The van der Waals surface area contributed by atoms with E-state index in [-0.39, 0.29) is 28.9 Å². The monoisotopic (exact) mass is 442 g/mol. The van der Waals surface area contributed by atoms with Crippen molar-refractivity contribution >= 4 is 40.4 Å². The van der Waals surface area contributed by atoms with Crippen LogP contribution in [0.4, 0.5) is 10.1 Å². The fraction of sp³-hybridized carbons (Fsp3) is 0.217. The van der Waals surface area contributed by atoms with E-state index < -0.39 is 11.2 Å². The molecule has 1 aliphatic heterocycles. The number of halogens is 2. The molecule has 2 amide bonds. The topological polar surface area (TPSA) is 49.4 Å². The maximum Gasteiger partial charge on any atom is 0.251 e. The predicted octanol–water partition coefficient (Wildman–Crippen LogP) is 5.30. The van der Waals surface area contributed by atoms with Crippen LogP contribution in [-0.4, -0.2) is 11.8 Å². The summed E-state index contributed by atoms with van der Waals surface area (Å²) in [5.41, 5.74) is 1.32. The number of carbonyl (C=O) groups excluding carboxylic acids is 2. The van der Waals surface area contributed by atoms with Crippen molar-refractivity contribution in [2.75, 3.05) is 4.90 Å². The number of carbonyl (C=O) groups is 2. The number of hydrogen-bond acceptors (Lipinski definition) is 3.